The summed E-state index contributed by atoms with van der Waals surface area (Å²) in [5.41, 5.74) is 0.321. The summed E-state index contributed by atoms with van der Waals surface area (Å²) in [7, 11) is -3.63. The molecule has 32 heavy (non-hydrogen) atoms. The van der Waals surface area contributed by atoms with E-state index in [1.54, 1.807) is 47.7 Å². The number of fused-ring (bicyclic) bond motifs is 1. The van der Waals surface area contributed by atoms with Gasteiger partial charge in [-0.05, 0) is 67.8 Å². The molecule has 172 valence electrons. The number of nitrogens with zero attached hydrogens (tertiary/aromatic N) is 2. The monoisotopic (exact) mass is 475 g/mol. The standard InChI is InChI=1S/C23H29N3O4S2/c1-16-6-4-10-25(14-16)32(29,30)18-8-9-20-19(12-18)23(2,3)22(28)26(20)15-21(27)24-13-17-7-5-11-31-17/h5,7-9,11-12,16H,4,6,10,13-15H2,1-3H3,(H,24,27)/t16-/m0/s1. The Morgan fingerprint density at radius 2 is 2.06 bits per heavy atom. The van der Waals surface area contributed by atoms with E-state index < -0.39 is 15.4 Å². The van der Waals surface area contributed by atoms with Crippen LogP contribution in [0, 0.1) is 5.92 Å². The minimum atomic E-state index is -3.63. The molecule has 2 aromatic rings. The first kappa shape index (κ1) is 22.9. The van der Waals surface area contributed by atoms with Crippen molar-refractivity contribution in [2.45, 2.75) is 50.5 Å². The number of carbonyl (C=O) groups excluding carboxylic acids is 2. The number of rotatable bonds is 6. The maximum atomic E-state index is 13.2. The molecular formula is C23H29N3O4S2. The van der Waals surface area contributed by atoms with Crippen LogP contribution in [0.5, 0.6) is 0 Å². The maximum Gasteiger partial charge on any atom is 0.243 e. The summed E-state index contributed by atoms with van der Waals surface area (Å²) >= 11 is 1.56. The van der Waals surface area contributed by atoms with E-state index in [1.165, 1.54) is 4.90 Å². The van der Waals surface area contributed by atoms with Gasteiger partial charge in [-0.1, -0.05) is 13.0 Å². The number of piperidine rings is 1. The second kappa shape index (κ2) is 8.61. The Kier molecular flexibility index (Phi) is 6.17. The highest BCUT2D eigenvalue weighted by molar-refractivity contribution is 7.89. The quantitative estimate of drug-likeness (QED) is 0.696. The number of nitrogens with one attached hydrogen (secondary N) is 1. The molecule has 0 radical (unpaired) electrons. The third-order valence-corrected chi connectivity index (χ3v) is 9.05. The fourth-order valence-corrected chi connectivity index (χ4v) is 6.71. The highest BCUT2D eigenvalue weighted by atomic mass is 32.2. The van der Waals surface area contributed by atoms with Crippen molar-refractivity contribution in [1.82, 2.24) is 9.62 Å². The van der Waals surface area contributed by atoms with Gasteiger partial charge in [0.05, 0.1) is 16.9 Å². The average molecular weight is 476 g/mol. The summed E-state index contributed by atoms with van der Waals surface area (Å²) in [4.78, 5) is 28.4. The summed E-state index contributed by atoms with van der Waals surface area (Å²) in [5.74, 6) is -0.136. The largest absolute Gasteiger partial charge is 0.350 e. The lowest BCUT2D eigenvalue weighted by Crippen LogP contribution is -2.42. The molecule has 1 N–H and O–H groups in total. The molecule has 0 saturated carbocycles. The van der Waals surface area contributed by atoms with E-state index in [0.717, 1.165) is 17.7 Å². The number of hydrogen-bond acceptors (Lipinski definition) is 5. The van der Waals surface area contributed by atoms with Crippen molar-refractivity contribution in [2.75, 3.05) is 24.5 Å². The highest BCUT2D eigenvalue weighted by Crippen LogP contribution is 2.42. The third kappa shape index (κ3) is 4.21. The molecule has 1 aromatic heterocycles. The average Bonchev–Trinajstić information content (AvgIpc) is 3.34. The first-order valence-electron chi connectivity index (χ1n) is 10.9. The SMILES string of the molecule is C[C@H]1CCCN(S(=O)(=O)c2ccc3c(c2)C(C)(C)C(=O)N3CC(=O)NCc2cccs2)C1. The summed E-state index contributed by atoms with van der Waals surface area (Å²) < 4.78 is 28.0. The van der Waals surface area contributed by atoms with Crippen LogP contribution >= 0.6 is 11.3 Å². The summed E-state index contributed by atoms with van der Waals surface area (Å²) in [6, 6.07) is 8.69. The Labute approximate surface area is 193 Å². The first-order valence-corrected chi connectivity index (χ1v) is 13.2. The van der Waals surface area contributed by atoms with Crippen LogP contribution in [0.1, 0.15) is 44.1 Å². The predicted octanol–water partition coefficient (Wildman–Crippen LogP) is 3.11. The Hall–Kier alpha value is -2.23. The zero-order valence-corrected chi connectivity index (χ0v) is 20.3. The van der Waals surface area contributed by atoms with E-state index in [9.17, 15) is 18.0 Å². The molecule has 1 atom stereocenters. The van der Waals surface area contributed by atoms with Gasteiger partial charge >= 0.3 is 0 Å². The Bertz CT molecular complexity index is 1130. The van der Waals surface area contributed by atoms with Crippen molar-refractivity contribution < 1.29 is 18.0 Å². The molecule has 3 heterocycles. The number of benzene rings is 1. The van der Waals surface area contributed by atoms with Crippen LogP contribution in [0.15, 0.2) is 40.6 Å². The van der Waals surface area contributed by atoms with Crippen molar-refractivity contribution in [1.29, 1.82) is 0 Å². The third-order valence-electron chi connectivity index (χ3n) is 6.31. The molecule has 7 nitrogen and oxygen atoms in total. The normalized spacial score (nSPS) is 20.9. The van der Waals surface area contributed by atoms with Gasteiger partial charge in [-0.15, -0.1) is 11.3 Å². The fourth-order valence-electron chi connectivity index (χ4n) is 4.44. The van der Waals surface area contributed by atoms with Gasteiger partial charge in [0.25, 0.3) is 0 Å². The Balaban J connectivity index is 1.57. The molecule has 1 fully saturated rings. The van der Waals surface area contributed by atoms with Crippen molar-refractivity contribution in [2.24, 2.45) is 5.92 Å². The molecule has 0 unspecified atom stereocenters. The maximum absolute atomic E-state index is 13.2. The molecule has 2 aliphatic heterocycles. The predicted molar refractivity (Wildman–Crippen MR) is 125 cm³/mol. The minimum absolute atomic E-state index is 0.101. The Morgan fingerprint density at radius 3 is 2.75 bits per heavy atom. The second-order valence-electron chi connectivity index (χ2n) is 9.16. The summed E-state index contributed by atoms with van der Waals surface area (Å²) in [6.45, 7) is 6.96. The van der Waals surface area contributed by atoms with Crippen molar-refractivity contribution in [3.8, 4) is 0 Å². The van der Waals surface area contributed by atoms with E-state index >= 15 is 0 Å². The second-order valence-corrected chi connectivity index (χ2v) is 12.1. The van der Waals surface area contributed by atoms with Gasteiger partial charge in [-0.3, -0.25) is 9.59 Å². The summed E-state index contributed by atoms with van der Waals surface area (Å²) in [5, 5.41) is 4.79. The molecular weight excluding hydrogens is 446 g/mol. The highest BCUT2D eigenvalue weighted by Gasteiger charge is 2.45. The van der Waals surface area contributed by atoms with Gasteiger partial charge in [-0.25, -0.2) is 8.42 Å². The lowest BCUT2D eigenvalue weighted by atomic mass is 9.86. The molecule has 2 amide bonds. The van der Waals surface area contributed by atoms with Gasteiger partial charge in [0.2, 0.25) is 21.8 Å². The molecule has 1 aromatic carbocycles. The zero-order valence-electron chi connectivity index (χ0n) is 18.6. The molecule has 0 bridgehead atoms. The van der Waals surface area contributed by atoms with Crippen LogP contribution in [0.4, 0.5) is 5.69 Å². The minimum Gasteiger partial charge on any atom is -0.350 e. The fraction of sp³-hybridized carbons (Fsp3) is 0.478. The van der Waals surface area contributed by atoms with Crippen LogP contribution in [0.3, 0.4) is 0 Å². The number of amides is 2. The zero-order chi connectivity index (χ0) is 23.1. The van der Waals surface area contributed by atoms with Crippen molar-refractivity contribution >= 4 is 38.9 Å². The van der Waals surface area contributed by atoms with Gasteiger partial charge in [0.1, 0.15) is 6.54 Å². The molecule has 1 saturated heterocycles. The number of sulfonamides is 1. The van der Waals surface area contributed by atoms with E-state index in [2.05, 4.69) is 12.2 Å². The van der Waals surface area contributed by atoms with Crippen LogP contribution in [0.25, 0.3) is 0 Å². The van der Waals surface area contributed by atoms with Gasteiger partial charge in [-0.2, -0.15) is 4.31 Å². The van der Waals surface area contributed by atoms with Gasteiger partial charge in [0, 0.05) is 23.7 Å². The van der Waals surface area contributed by atoms with Crippen LogP contribution < -0.4 is 10.2 Å². The van der Waals surface area contributed by atoms with Crippen LogP contribution in [-0.2, 0) is 31.6 Å². The molecule has 0 aliphatic carbocycles. The molecule has 2 aliphatic rings. The number of hydrogen-bond donors (Lipinski definition) is 1. The topological polar surface area (TPSA) is 86.8 Å². The van der Waals surface area contributed by atoms with Crippen LogP contribution in [-0.4, -0.2) is 44.2 Å². The van der Waals surface area contributed by atoms with Crippen molar-refractivity contribution in [3.05, 3.63) is 46.2 Å². The molecule has 9 heteroatoms. The van der Waals surface area contributed by atoms with Gasteiger partial charge in [0.15, 0.2) is 0 Å². The number of thiophene rings is 1. The first-order chi connectivity index (χ1) is 15.1. The van der Waals surface area contributed by atoms with Crippen LogP contribution in [0.2, 0.25) is 0 Å². The molecule has 0 spiro atoms. The van der Waals surface area contributed by atoms with E-state index in [1.807, 2.05) is 17.5 Å². The smallest absolute Gasteiger partial charge is 0.243 e. The van der Waals surface area contributed by atoms with E-state index in [-0.39, 0.29) is 23.3 Å². The Morgan fingerprint density at radius 1 is 1.28 bits per heavy atom. The number of anilines is 1. The lowest BCUT2D eigenvalue weighted by molar-refractivity contribution is -0.125. The lowest BCUT2D eigenvalue weighted by Gasteiger charge is -2.30. The molecule has 4 rings (SSSR count). The van der Waals surface area contributed by atoms with Gasteiger partial charge < -0.3 is 10.2 Å². The number of carbonyl (C=O) groups is 2. The van der Waals surface area contributed by atoms with E-state index in [4.69, 9.17) is 0 Å². The summed E-state index contributed by atoms with van der Waals surface area (Å²) in [6.07, 6.45) is 1.88. The van der Waals surface area contributed by atoms with E-state index in [0.29, 0.717) is 36.8 Å². The van der Waals surface area contributed by atoms with Crippen molar-refractivity contribution in [3.63, 3.8) is 0 Å².